The fourth-order valence-corrected chi connectivity index (χ4v) is 3.72. The Labute approximate surface area is 193 Å². The molecule has 2 rings (SSSR count). The van der Waals surface area contributed by atoms with Crippen LogP contribution in [0, 0.1) is 5.41 Å². The first-order valence-electron chi connectivity index (χ1n) is 10.4. The van der Waals surface area contributed by atoms with Crippen molar-refractivity contribution < 1.29 is 14.2 Å². The van der Waals surface area contributed by atoms with Gasteiger partial charge in [0, 0.05) is 33.9 Å². The van der Waals surface area contributed by atoms with Crippen molar-refractivity contribution in [3.05, 3.63) is 29.8 Å². The summed E-state index contributed by atoms with van der Waals surface area (Å²) in [7, 11) is 3.46. The number of hydrogen-bond donors (Lipinski definition) is 2. The minimum atomic E-state index is 0. The van der Waals surface area contributed by atoms with Crippen molar-refractivity contribution in [2.75, 3.05) is 47.1 Å². The van der Waals surface area contributed by atoms with Crippen LogP contribution in [0.2, 0.25) is 0 Å². The summed E-state index contributed by atoms with van der Waals surface area (Å²) < 4.78 is 16.1. The summed E-state index contributed by atoms with van der Waals surface area (Å²) in [5, 5.41) is 6.94. The van der Waals surface area contributed by atoms with Crippen molar-refractivity contribution in [2.24, 2.45) is 10.4 Å². The van der Waals surface area contributed by atoms with Crippen LogP contribution in [0.15, 0.2) is 29.3 Å². The number of nitrogens with zero attached hydrogens (tertiary/aromatic N) is 1. The third-order valence-corrected chi connectivity index (χ3v) is 5.35. The van der Waals surface area contributed by atoms with Crippen molar-refractivity contribution in [3.63, 3.8) is 0 Å². The average Bonchev–Trinajstić information content (AvgIpc) is 3.18. The Bertz CT molecular complexity index is 592. The predicted octanol–water partition coefficient (Wildman–Crippen LogP) is 3.98. The molecule has 0 amide bonds. The van der Waals surface area contributed by atoms with E-state index >= 15 is 0 Å². The van der Waals surface area contributed by atoms with Crippen LogP contribution in [-0.2, 0) is 16.0 Å². The average molecular weight is 519 g/mol. The zero-order chi connectivity index (χ0) is 20.1. The van der Waals surface area contributed by atoms with Crippen molar-refractivity contribution >= 4 is 29.9 Å². The minimum absolute atomic E-state index is 0. The fraction of sp³-hybridized carbons (Fsp3) is 0.682. The molecule has 166 valence electrons. The minimum Gasteiger partial charge on any atom is -0.491 e. The Morgan fingerprint density at radius 3 is 2.52 bits per heavy atom. The van der Waals surface area contributed by atoms with Crippen LogP contribution in [0.3, 0.4) is 0 Å². The van der Waals surface area contributed by atoms with Gasteiger partial charge in [0.2, 0.25) is 0 Å². The van der Waals surface area contributed by atoms with E-state index in [-0.39, 0.29) is 24.0 Å². The largest absolute Gasteiger partial charge is 0.491 e. The molecule has 1 aromatic carbocycles. The van der Waals surface area contributed by atoms with Crippen LogP contribution >= 0.6 is 24.0 Å². The van der Waals surface area contributed by atoms with Gasteiger partial charge in [-0.15, -0.1) is 24.0 Å². The lowest BCUT2D eigenvalue weighted by Gasteiger charge is -2.30. The lowest BCUT2D eigenvalue weighted by atomic mass is 9.83. The van der Waals surface area contributed by atoms with Crippen molar-refractivity contribution in [1.82, 2.24) is 10.6 Å². The van der Waals surface area contributed by atoms with E-state index in [9.17, 15) is 0 Å². The molecule has 0 aromatic heterocycles. The van der Waals surface area contributed by atoms with Crippen LogP contribution in [0.25, 0.3) is 0 Å². The molecular formula is C22H38IN3O3. The third kappa shape index (κ3) is 9.53. The first kappa shape index (κ1) is 26.0. The van der Waals surface area contributed by atoms with Gasteiger partial charge >= 0.3 is 0 Å². The Morgan fingerprint density at radius 1 is 1.07 bits per heavy atom. The van der Waals surface area contributed by atoms with Crippen LogP contribution in [0.4, 0.5) is 0 Å². The molecular weight excluding hydrogens is 481 g/mol. The zero-order valence-electron chi connectivity index (χ0n) is 18.2. The zero-order valence-corrected chi connectivity index (χ0v) is 20.5. The number of benzene rings is 1. The lowest BCUT2D eigenvalue weighted by molar-refractivity contribution is 0.138. The highest BCUT2D eigenvalue weighted by Gasteiger charge is 2.33. The number of ether oxygens (including phenoxy) is 3. The van der Waals surface area contributed by atoms with Gasteiger partial charge in [-0.3, -0.25) is 0 Å². The number of rotatable bonds is 12. The van der Waals surface area contributed by atoms with E-state index in [0.29, 0.717) is 25.2 Å². The summed E-state index contributed by atoms with van der Waals surface area (Å²) in [5.41, 5.74) is 1.46. The molecule has 1 aromatic rings. The van der Waals surface area contributed by atoms with Gasteiger partial charge in [-0.25, -0.2) is 4.99 Å². The van der Waals surface area contributed by atoms with Gasteiger partial charge < -0.3 is 24.8 Å². The number of aliphatic imine (C=N–C) groups is 1. The Kier molecular flexibility index (Phi) is 13.3. The monoisotopic (exact) mass is 519 g/mol. The molecule has 1 fully saturated rings. The number of methoxy groups -OCH3 is 2. The molecule has 0 saturated heterocycles. The molecule has 0 bridgehead atoms. The van der Waals surface area contributed by atoms with Gasteiger partial charge in [0.1, 0.15) is 12.4 Å². The normalized spacial score (nSPS) is 15.6. The lowest BCUT2D eigenvalue weighted by Crippen LogP contribution is -2.43. The summed E-state index contributed by atoms with van der Waals surface area (Å²) in [4.78, 5) is 4.78. The molecule has 2 N–H and O–H groups in total. The summed E-state index contributed by atoms with van der Waals surface area (Å²) in [6, 6.07) is 8.09. The van der Waals surface area contributed by atoms with E-state index in [1.54, 1.807) is 14.2 Å². The molecule has 29 heavy (non-hydrogen) atoms. The topological polar surface area (TPSA) is 64.1 Å². The first-order valence-corrected chi connectivity index (χ1v) is 10.4. The predicted molar refractivity (Wildman–Crippen MR) is 129 cm³/mol. The maximum absolute atomic E-state index is 5.69. The summed E-state index contributed by atoms with van der Waals surface area (Å²) in [5.74, 6) is 1.73. The van der Waals surface area contributed by atoms with E-state index in [4.69, 9.17) is 19.2 Å². The van der Waals surface area contributed by atoms with E-state index in [2.05, 4.69) is 23.6 Å². The molecule has 0 atom stereocenters. The molecule has 1 aliphatic carbocycles. The number of nitrogens with one attached hydrogen (secondary N) is 2. The van der Waals surface area contributed by atoms with Crippen molar-refractivity contribution in [3.8, 4) is 5.75 Å². The fourth-order valence-electron chi connectivity index (χ4n) is 3.72. The molecule has 0 unspecified atom stereocenters. The van der Waals surface area contributed by atoms with Gasteiger partial charge in [0.25, 0.3) is 0 Å². The molecule has 0 heterocycles. The number of hydrogen-bond acceptors (Lipinski definition) is 4. The molecule has 6 nitrogen and oxygen atoms in total. The summed E-state index contributed by atoms with van der Waals surface area (Å²) >= 11 is 0. The van der Waals surface area contributed by atoms with E-state index in [1.165, 1.54) is 25.7 Å². The molecule has 1 aliphatic rings. The second kappa shape index (κ2) is 14.8. The van der Waals surface area contributed by atoms with Crippen LogP contribution < -0.4 is 15.4 Å². The molecule has 0 spiro atoms. The van der Waals surface area contributed by atoms with Crippen LogP contribution in [0.1, 0.15) is 44.6 Å². The maximum Gasteiger partial charge on any atom is 0.191 e. The molecule has 7 heteroatoms. The van der Waals surface area contributed by atoms with E-state index in [0.717, 1.165) is 43.4 Å². The summed E-state index contributed by atoms with van der Waals surface area (Å²) in [6.07, 6.45) is 6.27. The first-order chi connectivity index (χ1) is 13.7. The standard InChI is InChI=1S/C22H37N3O3.HI/c1-4-23-21(25-18-22(12-13-26-2)10-5-6-11-22)24-17-19-8-7-9-20(16-19)28-15-14-27-3;/h7-9,16H,4-6,10-15,17-18H2,1-3H3,(H2,23,24,25);1H. The van der Waals surface area contributed by atoms with Crippen molar-refractivity contribution in [1.29, 1.82) is 0 Å². The Balaban J connectivity index is 0.00000420. The van der Waals surface area contributed by atoms with Crippen molar-refractivity contribution in [2.45, 2.75) is 45.6 Å². The number of guanidine groups is 1. The van der Waals surface area contributed by atoms with Crippen LogP contribution in [-0.4, -0.2) is 53.1 Å². The second-order valence-electron chi connectivity index (χ2n) is 7.49. The highest BCUT2D eigenvalue weighted by molar-refractivity contribution is 14.0. The Morgan fingerprint density at radius 2 is 1.83 bits per heavy atom. The van der Waals surface area contributed by atoms with Gasteiger partial charge in [0.15, 0.2) is 5.96 Å². The maximum atomic E-state index is 5.69. The Hall–Kier alpha value is -1.06. The SMILES string of the molecule is CCNC(=NCc1cccc(OCCOC)c1)NCC1(CCOC)CCCC1.I. The second-order valence-corrected chi connectivity index (χ2v) is 7.49. The molecule has 1 saturated carbocycles. The third-order valence-electron chi connectivity index (χ3n) is 5.35. The van der Waals surface area contributed by atoms with E-state index in [1.807, 2.05) is 18.2 Å². The molecule has 0 aliphatic heterocycles. The smallest absolute Gasteiger partial charge is 0.191 e. The summed E-state index contributed by atoms with van der Waals surface area (Å²) in [6.45, 7) is 6.46. The molecule has 0 radical (unpaired) electrons. The highest BCUT2D eigenvalue weighted by Crippen LogP contribution is 2.40. The highest BCUT2D eigenvalue weighted by atomic mass is 127. The van der Waals surface area contributed by atoms with Gasteiger partial charge in [0.05, 0.1) is 13.2 Å². The number of halogens is 1. The van der Waals surface area contributed by atoms with E-state index < -0.39 is 0 Å². The van der Waals surface area contributed by atoms with Crippen LogP contribution in [0.5, 0.6) is 5.75 Å². The quantitative estimate of drug-likeness (QED) is 0.189. The van der Waals surface area contributed by atoms with Gasteiger partial charge in [-0.2, -0.15) is 0 Å². The van der Waals surface area contributed by atoms with Gasteiger partial charge in [-0.1, -0.05) is 25.0 Å². The van der Waals surface area contributed by atoms with Gasteiger partial charge in [-0.05, 0) is 49.3 Å².